The zero-order valence-corrected chi connectivity index (χ0v) is 10.8. The minimum absolute atomic E-state index is 0.424. The Morgan fingerprint density at radius 3 is 2.90 bits per heavy atom. The summed E-state index contributed by atoms with van der Waals surface area (Å²) >= 11 is 0. The van der Waals surface area contributed by atoms with Crippen LogP contribution in [0.2, 0.25) is 0 Å². The summed E-state index contributed by atoms with van der Waals surface area (Å²) in [7, 11) is 0. The molecular weight excluding hydrogens is 254 g/mol. The van der Waals surface area contributed by atoms with Gasteiger partial charge in [-0.15, -0.1) is 0 Å². The molecule has 5 heteroatoms. The number of aromatic amines is 1. The first-order valence-corrected chi connectivity index (χ1v) is 6.42. The normalized spacial score (nSPS) is 10.8. The summed E-state index contributed by atoms with van der Waals surface area (Å²) in [5.74, 6) is -0.424. The highest BCUT2D eigenvalue weighted by atomic mass is 16.4. The second-order valence-corrected chi connectivity index (χ2v) is 4.61. The van der Waals surface area contributed by atoms with Crippen LogP contribution in [0.15, 0.2) is 51.7 Å². The maximum Gasteiger partial charge on any atom is 0.417 e. The minimum Gasteiger partial charge on any atom is -0.408 e. The van der Waals surface area contributed by atoms with Crippen molar-refractivity contribution in [3.8, 4) is 0 Å². The van der Waals surface area contributed by atoms with Crippen LogP contribution in [-0.2, 0) is 6.42 Å². The molecule has 3 aromatic rings. The number of anilines is 2. The van der Waals surface area contributed by atoms with E-state index in [9.17, 15) is 4.79 Å². The lowest BCUT2D eigenvalue weighted by molar-refractivity contribution is 0.555. The van der Waals surface area contributed by atoms with Gasteiger partial charge in [0.05, 0.1) is 16.9 Å². The van der Waals surface area contributed by atoms with Crippen molar-refractivity contribution in [2.24, 2.45) is 0 Å². The number of para-hydroxylation sites is 2. The van der Waals surface area contributed by atoms with Crippen LogP contribution in [0.4, 0.5) is 11.4 Å². The Labute approximate surface area is 115 Å². The molecule has 0 aliphatic heterocycles. The molecule has 0 aliphatic carbocycles. The lowest BCUT2D eigenvalue weighted by Crippen LogP contribution is -2.06. The Balaban J connectivity index is 1.68. The Hall–Kier alpha value is -2.69. The molecule has 0 atom stereocenters. The zero-order chi connectivity index (χ0) is 13.9. The molecule has 0 unspecified atom stereocenters. The van der Waals surface area contributed by atoms with Gasteiger partial charge < -0.3 is 15.5 Å². The summed E-state index contributed by atoms with van der Waals surface area (Å²) in [5.41, 5.74) is 9.94. The van der Waals surface area contributed by atoms with Crippen LogP contribution in [0.1, 0.15) is 5.56 Å². The number of nitrogen functional groups attached to an aromatic ring is 1. The third-order valence-corrected chi connectivity index (χ3v) is 3.18. The smallest absolute Gasteiger partial charge is 0.408 e. The molecule has 2 aromatic carbocycles. The van der Waals surface area contributed by atoms with Crippen LogP contribution >= 0.6 is 0 Å². The molecule has 20 heavy (non-hydrogen) atoms. The summed E-state index contributed by atoms with van der Waals surface area (Å²) in [6, 6.07) is 13.4. The molecule has 1 aromatic heterocycles. The Morgan fingerprint density at radius 2 is 2.05 bits per heavy atom. The van der Waals surface area contributed by atoms with Gasteiger partial charge in [0.15, 0.2) is 5.58 Å². The molecule has 4 N–H and O–H groups in total. The molecule has 0 radical (unpaired) electrons. The summed E-state index contributed by atoms with van der Waals surface area (Å²) < 4.78 is 5.04. The molecule has 1 heterocycles. The summed E-state index contributed by atoms with van der Waals surface area (Å²) in [6.07, 6.45) is 0.819. The zero-order valence-electron chi connectivity index (χ0n) is 10.8. The summed E-state index contributed by atoms with van der Waals surface area (Å²) in [5, 5.41) is 3.29. The maximum absolute atomic E-state index is 11.1. The van der Waals surface area contributed by atoms with Gasteiger partial charge in [0.25, 0.3) is 0 Å². The highest BCUT2D eigenvalue weighted by molar-refractivity contribution is 5.72. The average molecular weight is 269 g/mol. The van der Waals surface area contributed by atoms with Crippen LogP contribution in [-0.4, -0.2) is 11.5 Å². The number of fused-ring (bicyclic) bond motifs is 1. The molecule has 102 valence electrons. The van der Waals surface area contributed by atoms with Gasteiger partial charge in [-0.1, -0.05) is 18.2 Å². The first kappa shape index (κ1) is 12.3. The van der Waals surface area contributed by atoms with Gasteiger partial charge in [-0.05, 0) is 36.2 Å². The van der Waals surface area contributed by atoms with Crippen LogP contribution in [0, 0.1) is 0 Å². The molecule has 0 saturated heterocycles. The fourth-order valence-corrected chi connectivity index (χ4v) is 2.14. The monoisotopic (exact) mass is 269 g/mol. The lowest BCUT2D eigenvalue weighted by atomic mass is 10.1. The number of nitrogens with one attached hydrogen (secondary N) is 2. The predicted molar refractivity (Wildman–Crippen MR) is 79.9 cm³/mol. The molecule has 3 rings (SSSR count). The van der Waals surface area contributed by atoms with Crippen LogP contribution in [0.3, 0.4) is 0 Å². The van der Waals surface area contributed by atoms with Crippen LogP contribution in [0.25, 0.3) is 11.1 Å². The second kappa shape index (κ2) is 5.13. The Kier molecular flexibility index (Phi) is 3.16. The van der Waals surface area contributed by atoms with E-state index >= 15 is 0 Å². The SMILES string of the molecule is Nc1ccccc1NCCc1ccc2[nH]c(=O)oc2c1. The number of rotatable bonds is 4. The summed E-state index contributed by atoms with van der Waals surface area (Å²) in [4.78, 5) is 13.7. The number of nitrogens with two attached hydrogens (primary N) is 1. The van der Waals surface area contributed by atoms with Crippen molar-refractivity contribution in [3.05, 3.63) is 58.6 Å². The van der Waals surface area contributed by atoms with Crippen LogP contribution < -0.4 is 16.8 Å². The molecule has 0 spiro atoms. The number of aromatic nitrogens is 1. The molecule has 0 aliphatic rings. The van der Waals surface area contributed by atoms with Gasteiger partial charge in [-0.3, -0.25) is 4.98 Å². The number of hydrogen-bond acceptors (Lipinski definition) is 4. The van der Waals surface area contributed by atoms with Gasteiger partial charge in [0, 0.05) is 6.54 Å². The molecule has 0 fully saturated rings. The Bertz CT molecular complexity index is 789. The first-order valence-electron chi connectivity index (χ1n) is 6.42. The van der Waals surface area contributed by atoms with E-state index in [-0.39, 0.29) is 0 Å². The van der Waals surface area contributed by atoms with Crippen molar-refractivity contribution < 1.29 is 4.42 Å². The number of benzene rings is 2. The fourth-order valence-electron chi connectivity index (χ4n) is 2.14. The fraction of sp³-hybridized carbons (Fsp3) is 0.133. The largest absolute Gasteiger partial charge is 0.417 e. The second-order valence-electron chi connectivity index (χ2n) is 4.61. The highest BCUT2D eigenvalue weighted by Crippen LogP contribution is 2.17. The standard InChI is InChI=1S/C15H15N3O2/c16-11-3-1-2-4-12(11)17-8-7-10-5-6-13-14(9-10)20-15(19)18-13/h1-6,9,17H,7-8,16H2,(H,18,19). The number of oxazole rings is 1. The van der Waals surface area contributed by atoms with Gasteiger partial charge in [0.2, 0.25) is 0 Å². The molecule has 0 saturated carbocycles. The number of H-pyrrole nitrogens is 1. The molecular formula is C15H15N3O2. The van der Waals surface area contributed by atoms with E-state index in [1.54, 1.807) is 0 Å². The molecule has 5 nitrogen and oxygen atoms in total. The van der Waals surface area contributed by atoms with Crippen molar-refractivity contribution in [3.63, 3.8) is 0 Å². The summed E-state index contributed by atoms with van der Waals surface area (Å²) in [6.45, 7) is 0.758. The van der Waals surface area contributed by atoms with Crippen molar-refractivity contribution in [1.82, 2.24) is 4.98 Å². The van der Waals surface area contributed by atoms with E-state index in [1.807, 2.05) is 42.5 Å². The van der Waals surface area contributed by atoms with E-state index < -0.39 is 5.76 Å². The quantitative estimate of drug-likeness (QED) is 0.635. The molecule has 0 amide bonds. The minimum atomic E-state index is -0.424. The van der Waals surface area contributed by atoms with E-state index in [4.69, 9.17) is 10.2 Å². The third kappa shape index (κ3) is 2.51. The van der Waals surface area contributed by atoms with E-state index in [0.717, 1.165) is 35.4 Å². The third-order valence-electron chi connectivity index (χ3n) is 3.18. The Morgan fingerprint density at radius 1 is 1.20 bits per heavy atom. The van der Waals surface area contributed by atoms with Crippen molar-refractivity contribution in [1.29, 1.82) is 0 Å². The van der Waals surface area contributed by atoms with Gasteiger partial charge in [-0.25, -0.2) is 4.79 Å². The topological polar surface area (TPSA) is 84.0 Å². The molecule has 0 bridgehead atoms. The predicted octanol–water partition coefficient (Wildman–Crippen LogP) is 2.36. The van der Waals surface area contributed by atoms with Crippen molar-refractivity contribution in [2.45, 2.75) is 6.42 Å². The van der Waals surface area contributed by atoms with E-state index in [2.05, 4.69) is 10.3 Å². The lowest BCUT2D eigenvalue weighted by Gasteiger charge is -2.08. The van der Waals surface area contributed by atoms with E-state index in [1.165, 1.54) is 0 Å². The van der Waals surface area contributed by atoms with Gasteiger partial charge in [-0.2, -0.15) is 0 Å². The average Bonchev–Trinajstić information content (AvgIpc) is 2.80. The number of hydrogen-bond donors (Lipinski definition) is 3. The van der Waals surface area contributed by atoms with Gasteiger partial charge >= 0.3 is 5.76 Å². The first-order chi connectivity index (χ1) is 9.72. The maximum atomic E-state index is 11.1. The van der Waals surface area contributed by atoms with Crippen molar-refractivity contribution >= 4 is 22.5 Å². The van der Waals surface area contributed by atoms with Crippen molar-refractivity contribution in [2.75, 3.05) is 17.6 Å². The van der Waals surface area contributed by atoms with Crippen LogP contribution in [0.5, 0.6) is 0 Å². The van der Waals surface area contributed by atoms with E-state index in [0.29, 0.717) is 5.58 Å². The highest BCUT2D eigenvalue weighted by Gasteiger charge is 2.02. The van der Waals surface area contributed by atoms with Gasteiger partial charge in [0.1, 0.15) is 0 Å².